The molecule has 19 aromatic carbocycles. The molecular formula is C111H68N6S. The molecule has 0 saturated carbocycles. The molecule has 0 aliphatic heterocycles. The van der Waals surface area contributed by atoms with Gasteiger partial charge in [0.15, 0.2) is 11.6 Å². The lowest BCUT2D eigenvalue weighted by atomic mass is 9.81. The quantitative estimate of drug-likeness (QED) is 0.135. The van der Waals surface area contributed by atoms with Gasteiger partial charge in [-0.15, -0.1) is 11.3 Å². The molecule has 0 fully saturated rings. The second kappa shape index (κ2) is 25.5. The fourth-order valence-corrected chi connectivity index (χ4v) is 20.8. The Hall–Kier alpha value is -15.0. The second-order valence-electron chi connectivity index (χ2n) is 32.4. The third-order valence-corrected chi connectivity index (χ3v) is 26.5. The summed E-state index contributed by atoms with van der Waals surface area (Å²) in [5, 5.41) is 19.0. The van der Waals surface area contributed by atoms with E-state index in [1.54, 1.807) is 0 Å². The summed E-state index contributed by atoms with van der Waals surface area (Å²) in [5.74, 6) is 1.56. The van der Waals surface area contributed by atoms with Crippen LogP contribution in [0.4, 0.5) is 0 Å². The zero-order valence-corrected chi connectivity index (χ0v) is 65.2. The maximum Gasteiger partial charge on any atom is 0.165 e. The van der Waals surface area contributed by atoms with Crippen molar-refractivity contribution >= 4 is 151 Å². The summed E-state index contributed by atoms with van der Waals surface area (Å²) >= 11 is 1.83. The molecule has 7 heteroatoms. The number of nitrogens with zero attached hydrogens (tertiary/aromatic N) is 6. The summed E-state index contributed by atoms with van der Waals surface area (Å²) in [5.41, 5.74) is 27.2. The molecule has 1 aliphatic carbocycles. The summed E-state index contributed by atoms with van der Waals surface area (Å²) in [6, 6.07) is 139. The predicted octanol–water partition coefficient (Wildman–Crippen LogP) is 29.9. The molecule has 0 radical (unpaired) electrons. The van der Waals surface area contributed by atoms with Gasteiger partial charge >= 0.3 is 0 Å². The standard InChI is InChI=1S/C111H68N6S/c1-111(2)93-36-19-35-88(108-110(115-98-60-75(47-52-96(98)113-108)66-23-7-4-8-24-66)117-100-63-76(73-40-39-67-25-9-10-26-68(67)53-73)43-48-84(100)91-54-69-27-11-13-29-71(69)61-101(91)117)105(93)87-50-44-79(58-94(87)111)90-57-78-42-41-77(56-89(78)82-31-15-16-32-83(82)90)81-34-20-37-99-106(81)92-55-70-28-12-14-30-72(70)62-102(92)116(99)109-107(80-45-49-86-85-33-17-18-38-103(85)118-104(86)64-80)112-95-51-46-74(59-97(95)114-109)65-21-5-3-6-22-65/h3-64H,1-2H3. The topological polar surface area (TPSA) is 61.4 Å². The monoisotopic (exact) mass is 1520 g/mol. The third-order valence-electron chi connectivity index (χ3n) is 25.4. The van der Waals surface area contributed by atoms with Crippen LogP contribution >= 0.6 is 11.3 Å². The van der Waals surface area contributed by atoms with E-state index in [9.17, 15) is 0 Å². The zero-order chi connectivity index (χ0) is 77.6. The SMILES string of the molecule is CC1(C)c2cc(-c3cc4ccc(-c5cccc6c5c5cc7ccccc7cc5n6-c5nc6cc(-c7ccccc7)ccc6nc5-c5ccc6c(c5)sc5ccccc56)cc4c4ccccc34)ccc2-c2c(-c3nc4ccc(-c5ccccc5)cc4nc3-n3c4cc(-c5ccc6ccccc6c5)ccc4c4cc5ccccc5cc43)cccc21. The largest absolute Gasteiger partial charge is 0.292 e. The van der Waals surface area contributed by atoms with Crippen molar-refractivity contribution in [3.05, 3.63) is 387 Å². The van der Waals surface area contributed by atoms with Gasteiger partial charge in [0.1, 0.15) is 11.4 Å². The Bertz CT molecular complexity index is 8480. The first-order chi connectivity index (χ1) is 58.2. The van der Waals surface area contributed by atoms with E-state index in [4.69, 9.17) is 19.9 Å². The van der Waals surface area contributed by atoms with Crippen molar-refractivity contribution in [2.75, 3.05) is 0 Å². The van der Waals surface area contributed by atoms with E-state index in [1.807, 2.05) is 11.3 Å². The summed E-state index contributed by atoms with van der Waals surface area (Å²) in [6.07, 6.45) is 0. The van der Waals surface area contributed by atoms with Gasteiger partial charge in [0.2, 0.25) is 0 Å². The van der Waals surface area contributed by atoms with Gasteiger partial charge < -0.3 is 0 Å². The van der Waals surface area contributed by atoms with Crippen LogP contribution in [0.5, 0.6) is 0 Å². The average Bonchev–Trinajstić information content (AvgIpc) is 1.56. The first-order valence-corrected chi connectivity index (χ1v) is 41.4. The van der Waals surface area contributed by atoms with Gasteiger partial charge in [-0.25, -0.2) is 19.9 Å². The number of hydrogen-bond acceptors (Lipinski definition) is 5. The molecule has 6 nitrogen and oxygen atoms in total. The molecule has 548 valence electrons. The first-order valence-electron chi connectivity index (χ1n) is 40.5. The normalized spacial score (nSPS) is 12.7. The maximum atomic E-state index is 5.94. The minimum absolute atomic E-state index is 0.396. The molecule has 118 heavy (non-hydrogen) atoms. The summed E-state index contributed by atoms with van der Waals surface area (Å²) in [7, 11) is 0. The van der Waals surface area contributed by atoms with Crippen molar-refractivity contribution in [3.8, 4) is 101 Å². The van der Waals surface area contributed by atoms with Gasteiger partial charge in [-0.05, 0) is 229 Å². The fourth-order valence-electron chi connectivity index (χ4n) is 19.6. The molecule has 0 amide bonds. The molecule has 1 aliphatic rings. The number of rotatable bonds is 9. The molecule has 0 unspecified atom stereocenters. The van der Waals surface area contributed by atoms with Crippen LogP contribution in [-0.2, 0) is 5.41 Å². The molecule has 24 aromatic rings. The van der Waals surface area contributed by atoms with Crippen LogP contribution in [0.3, 0.4) is 0 Å². The number of aromatic nitrogens is 6. The zero-order valence-electron chi connectivity index (χ0n) is 64.4. The van der Waals surface area contributed by atoms with Gasteiger partial charge in [0.25, 0.3) is 0 Å². The Balaban J connectivity index is 0.650. The molecule has 0 atom stereocenters. The number of thiophene rings is 1. The van der Waals surface area contributed by atoms with E-state index in [1.165, 1.54) is 96.6 Å². The Morgan fingerprint density at radius 2 is 0.737 bits per heavy atom. The van der Waals surface area contributed by atoms with Crippen molar-refractivity contribution < 1.29 is 0 Å². The molecular weight excluding hydrogens is 1450 g/mol. The summed E-state index contributed by atoms with van der Waals surface area (Å²) in [6.45, 7) is 4.80. The van der Waals surface area contributed by atoms with Crippen LogP contribution in [-0.4, -0.2) is 29.1 Å². The van der Waals surface area contributed by atoms with E-state index >= 15 is 0 Å². The van der Waals surface area contributed by atoms with Gasteiger partial charge in [-0.1, -0.05) is 293 Å². The van der Waals surface area contributed by atoms with Crippen molar-refractivity contribution in [1.29, 1.82) is 0 Å². The second-order valence-corrected chi connectivity index (χ2v) is 33.4. The number of fused-ring (bicyclic) bond motifs is 20. The lowest BCUT2D eigenvalue weighted by molar-refractivity contribution is 0.660. The highest BCUT2D eigenvalue weighted by Gasteiger charge is 2.39. The number of hydrogen-bond donors (Lipinski definition) is 0. The Labute approximate surface area is 682 Å². The van der Waals surface area contributed by atoms with Crippen LogP contribution in [0.15, 0.2) is 376 Å². The lowest BCUT2D eigenvalue weighted by Crippen LogP contribution is -2.15. The highest BCUT2D eigenvalue weighted by Crippen LogP contribution is 2.55. The van der Waals surface area contributed by atoms with Crippen LogP contribution in [0, 0.1) is 0 Å². The smallest absolute Gasteiger partial charge is 0.165 e. The van der Waals surface area contributed by atoms with Gasteiger partial charge in [-0.2, -0.15) is 0 Å². The Morgan fingerprint density at radius 1 is 0.229 bits per heavy atom. The molecule has 5 heterocycles. The Kier molecular flexibility index (Phi) is 14.3. The van der Waals surface area contributed by atoms with E-state index in [2.05, 4.69) is 399 Å². The molecule has 0 saturated heterocycles. The van der Waals surface area contributed by atoms with E-state index in [0.717, 1.165) is 155 Å². The van der Waals surface area contributed by atoms with Gasteiger partial charge in [0, 0.05) is 58.3 Å². The molecule has 0 bridgehead atoms. The van der Waals surface area contributed by atoms with Crippen molar-refractivity contribution in [1.82, 2.24) is 29.1 Å². The minimum atomic E-state index is -0.396. The van der Waals surface area contributed by atoms with Gasteiger partial charge in [0.05, 0.1) is 44.1 Å². The summed E-state index contributed by atoms with van der Waals surface area (Å²) in [4.78, 5) is 23.3. The molecule has 25 rings (SSSR count). The Morgan fingerprint density at radius 3 is 1.47 bits per heavy atom. The van der Waals surface area contributed by atoms with Crippen molar-refractivity contribution in [3.63, 3.8) is 0 Å². The van der Waals surface area contributed by atoms with E-state index in [0.29, 0.717) is 0 Å². The van der Waals surface area contributed by atoms with Crippen molar-refractivity contribution in [2.24, 2.45) is 0 Å². The predicted molar refractivity (Wildman–Crippen MR) is 497 cm³/mol. The van der Waals surface area contributed by atoms with E-state index < -0.39 is 5.41 Å². The molecule has 5 aromatic heterocycles. The fraction of sp³-hybridized carbons (Fsp3) is 0.0270. The number of benzene rings is 19. The average molecular weight is 1520 g/mol. The maximum absolute atomic E-state index is 5.94. The van der Waals surface area contributed by atoms with Crippen LogP contribution < -0.4 is 0 Å². The van der Waals surface area contributed by atoms with Crippen LogP contribution in [0.2, 0.25) is 0 Å². The first kappa shape index (κ1) is 66.4. The highest BCUT2D eigenvalue weighted by atomic mass is 32.1. The summed E-state index contributed by atoms with van der Waals surface area (Å²) < 4.78 is 7.31. The minimum Gasteiger partial charge on any atom is -0.292 e. The lowest BCUT2D eigenvalue weighted by Gasteiger charge is -2.23. The third kappa shape index (κ3) is 10.2. The van der Waals surface area contributed by atoms with Gasteiger partial charge in [-0.3, -0.25) is 9.13 Å². The van der Waals surface area contributed by atoms with E-state index in [-0.39, 0.29) is 0 Å². The van der Waals surface area contributed by atoms with Crippen LogP contribution in [0.25, 0.3) is 241 Å². The molecule has 0 N–H and O–H groups in total. The molecule has 0 spiro atoms. The highest BCUT2D eigenvalue weighted by molar-refractivity contribution is 7.25. The van der Waals surface area contributed by atoms with Crippen LogP contribution in [0.1, 0.15) is 25.0 Å². The van der Waals surface area contributed by atoms with Crippen molar-refractivity contribution in [2.45, 2.75) is 19.3 Å².